The second-order valence-electron chi connectivity index (χ2n) is 4.55. The van der Waals surface area contributed by atoms with Crippen molar-refractivity contribution in [2.45, 2.75) is 19.3 Å². The molecule has 1 saturated heterocycles. The van der Waals surface area contributed by atoms with Crippen molar-refractivity contribution in [3.63, 3.8) is 0 Å². The van der Waals surface area contributed by atoms with E-state index < -0.39 is 0 Å². The number of hydrogen-bond acceptors (Lipinski definition) is 1. The molecule has 0 saturated carbocycles. The van der Waals surface area contributed by atoms with E-state index in [1.165, 1.54) is 32.4 Å². The summed E-state index contributed by atoms with van der Waals surface area (Å²) in [6.45, 7) is 2.44. The van der Waals surface area contributed by atoms with Gasteiger partial charge in [0.2, 0.25) is 0 Å². The third-order valence-corrected chi connectivity index (χ3v) is 3.58. The van der Waals surface area contributed by atoms with E-state index >= 15 is 0 Å². The van der Waals surface area contributed by atoms with Crippen molar-refractivity contribution < 1.29 is 0 Å². The van der Waals surface area contributed by atoms with Crippen LogP contribution in [0.15, 0.2) is 24.3 Å². The topological polar surface area (TPSA) is 12.0 Å². The van der Waals surface area contributed by atoms with Gasteiger partial charge in [0.15, 0.2) is 0 Å². The summed E-state index contributed by atoms with van der Waals surface area (Å²) in [4.78, 5) is 0. The van der Waals surface area contributed by atoms with E-state index in [0.29, 0.717) is 5.41 Å². The average Bonchev–Trinajstić information content (AvgIpc) is 2.72. The molecule has 1 aromatic carbocycles. The number of rotatable bonds is 0. The lowest BCUT2D eigenvalue weighted by Crippen LogP contribution is -2.24. The molecule has 1 nitrogen and oxygen atoms in total. The second kappa shape index (κ2) is 2.58. The van der Waals surface area contributed by atoms with Crippen LogP contribution in [0.25, 0.3) is 0 Å². The van der Waals surface area contributed by atoms with Crippen molar-refractivity contribution in [1.29, 1.82) is 0 Å². The summed E-state index contributed by atoms with van der Waals surface area (Å²) in [6.07, 6.45) is 3.97. The summed E-state index contributed by atoms with van der Waals surface area (Å²) in [5.74, 6) is 0. The van der Waals surface area contributed by atoms with Crippen LogP contribution in [0.3, 0.4) is 0 Å². The van der Waals surface area contributed by atoms with Crippen LogP contribution in [0.4, 0.5) is 0 Å². The zero-order valence-corrected chi connectivity index (χ0v) is 7.84. The molecule has 13 heavy (non-hydrogen) atoms. The molecule has 1 aromatic rings. The maximum Gasteiger partial charge on any atom is 0.00147 e. The van der Waals surface area contributed by atoms with Crippen LogP contribution in [0.5, 0.6) is 0 Å². The van der Waals surface area contributed by atoms with Gasteiger partial charge in [-0.25, -0.2) is 0 Å². The van der Waals surface area contributed by atoms with Gasteiger partial charge in [-0.2, -0.15) is 0 Å². The van der Waals surface area contributed by atoms with E-state index in [2.05, 4.69) is 29.6 Å². The van der Waals surface area contributed by atoms with Gasteiger partial charge in [-0.1, -0.05) is 24.3 Å². The molecule has 1 aliphatic heterocycles. The molecule has 1 spiro atoms. The average molecular weight is 173 g/mol. The van der Waals surface area contributed by atoms with Gasteiger partial charge in [-0.05, 0) is 42.3 Å². The highest BCUT2D eigenvalue weighted by molar-refractivity contribution is 5.34. The Hall–Kier alpha value is -0.820. The Labute approximate surface area is 79.2 Å². The van der Waals surface area contributed by atoms with Gasteiger partial charge in [0.05, 0.1) is 0 Å². The molecule has 0 amide bonds. The molecule has 1 N–H and O–H groups in total. The number of benzene rings is 1. The maximum atomic E-state index is 3.49. The van der Waals surface area contributed by atoms with E-state index in [0.717, 1.165) is 0 Å². The summed E-state index contributed by atoms with van der Waals surface area (Å²) in [5.41, 5.74) is 3.77. The Morgan fingerprint density at radius 1 is 1.08 bits per heavy atom. The van der Waals surface area contributed by atoms with Gasteiger partial charge in [0.25, 0.3) is 0 Å². The largest absolute Gasteiger partial charge is 0.316 e. The SMILES string of the molecule is c1ccc2c(c1)CC1(CCNC1)C2. The Bertz CT molecular complexity index is 297. The summed E-state index contributed by atoms with van der Waals surface area (Å²) in [5, 5.41) is 3.49. The summed E-state index contributed by atoms with van der Waals surface area (Å²) < 4.78 is 0. The van der Waals surface area contributed by atoms with Crippen molar-refractivity contribution in [3.8, 4) is 0 Å². The predicted octanol–water partition coefficient (Wildman–Crippen LogP) is 1.76. The fourth-order valence-electron chi connectivity index (χ4n) is 2.87. The van der Waals surface area contributed by atoms with Gasteiger partial charge in [-0.3, -0.25) is 0 Å². The van der Waals surface area contributed by atoms with E-state index in [4.69, 9.17) is 0 Å². The van der Waals surface area contributed by atoms with Gasteiger partial charge < -0.3 is 5.32 Å². The molecule has 0 bridgehead atoms. The van der Waals surface area contributed by atoms with Crippen molar-refractivity contribution in [3.05, 3.63) is 35.4 Å². The molecular weight excluding hydrogens is 158 g/mol. The van der Waals surface area contributed by atoms with E-state index in [1.54, 1.807) is 11.1 Å². The van der Waals surface area contributed by atoms with E-state index in [1.807, 2.05) is 0 Å². The van der Waals surface area contributed by atoms with Crippen LogP contribution in [-0.2, 0) is 12.8 Å². The van der Waals surface area contributed by atoms with E-state index in [9.17, 15) is 0 Å². The molecule has 0 unspecified atom stereocenters. The molecular formula is C12H15N. The van der Waals surface area contributed by atoms with Crippen molar-refractivity contribution in [2.24, 2.45) is 5.41 Å². The smallest absolute Gasteiger partial charge is 0.00147 e. The molecule has 1 fully saturated rings. The summed E-state index contributed by atoms with van der Waals surface area (Å²) in [7, 11) is 0. The van der Waals surface area contributed by atoms with Gasteiger partial charge in [0, 0.05) is 6.54 Å². The Balaban J connectivity index is 1.96. The third kappa shape index (κ3) is 1.11. The number of fused-ring (bicyclic) bond motifs is 1. The molecule has 1 heterocycles. The van der Waals surface area contributed by atoms with Gasteiger partial charge in [-0.15, -0.1) is 0 Å². The first-order valence-electron chi connectivity index (χ1n) is 5.16. The first-order valence-corrected chi connectivity index (χ1v) is 5.16. The zero-order chi connectivity index (χ0) is 8.73. The number of hydrogen-bond donors (Lipinski definition) is 1. The molecule has 3 rings (SSSR count). The summed E-state index contributed by atoms with van der Waals surface area (Å²) in [6, 6.07) is 8.92. The van der Waals surface area contributed by atoms with Gasteiger partial charge in [0.1, 0.15) is 0 Å². The van der Waals surface area contributed by atoms with Crippen LogP contribution < -0.4 is 5.32 Å². The van der Waals surface area contributed by atoms with Gasteiger partial charge >= 0.3 is 0 Å². The normalized spacial score (nSPS) is 23.7. The number of nitrogens with one attached hydrogen (secondary N) is 1. The second-order valence-corrected chi connectivity index (χ2v) is 4.55. The van der Waals surface area contributed by atoms with E-state index in [-0.39, 0.29) is 0 Å². The highest BCUT2D eigenvalue weighted by Crippen LogP contribution is 2.40. The Morgan fingerprint density at radius 2 is 1.77 bits per heavy atom. The first kappa shape index (κ1) is 7.57. The lowest BCUT2D eigenvalue weighted by atomic mass is 9.84. The fraction of sp³-hybridized carbons (Fsp3) is 0.500. The quantitative estimate of drug-likeness (QED) is 0.630. The van der Waals surface area contributed by atoms with Crippen LogP contribution in [-0.4, -0.2) is 13.1 Å². The molecule has 0 radical (unpaired) electrons. The zero-order valence-electron chi connectivity index (χ0n) is 7.84. The van der Waals surface area contributed by atoms with Crippen LogP contribution in [0.2, 0.25) is 0 Å². The highest BCUT2D eigenvalue weighted by atomic mass is 14.9. The minimum Gasteiger partial charge on any atom is -0.316 e. The molecule has 2 aliphatic rings. The standard InChI is InChI=1S/C12H15N/c1-2-4-11-8-12(5-6-13-9-12)7-10(11)3-1/h1-4,13H,5-9H2. The molecule has 0 aromatic heterocycles. The van der Waals surface area contributed by atoms with Crippen molar-refractivity contribution >= 4 is 0 Å². The summed E-state index contributed by atoms with van der Waals surface area (Å²) >= 11 is 0. The maximum absolute atomic E-state index is 3.49. The van der Waals surface area contributed by atoms with Crippen LogP contribution in [0, 0.1) is 5.41 Å². The Kier molecular flexibility index (Phi) is 1.50. The fourth-order valence-corrected chi connectivity index (χ4v) is 2.87. The lowest BCUT2D eigenvalue weighted by molar-refractivity contribution is 0.345. The minimum absolute atomic E-state index is 0.587. The predicted molar refractivity (Wildman–Crippen MR) is 53.8 cm³/mol. The monoisotopic (exact) mass is 173 g/mol. The molecule has 0 atom stereocenters. The Morgan fingerprint density at radius 3 is 2.31 bits per heavy atom. The molecule has 68 valence electrons. The van der Waals surface area contributed by atoms with Crippen LogP contribution in [0.1, 0.15) is 17.5 Å². The third-order valence-electron chi connectivity index (χ3n) is 3.58. The van der Waals surface area contributed by atoms with Crippen molar-refractivity contribution in [1.82, 2.24) is 5.32 Å². The van der Waals surface area contributed by atoms with Crippen LogP contribution >= 0.6 is 0 Å². The highest BCUT2D eigenvalue weighted by Gasteiger charge is 2.38. The first-order chi connectivity index (χ1) is 6.38. The van der Waals surface area contributed by atoms with Crippen molar-refractivity contribution in [2.75, 3.05) is 13.1 Å². The minimum atomic E-state index is 0.587. The lowest BCUT2D eigenvalue weighted by Gasteiger charge is -2.20. The molecule has 1 aliphatic carbocycles. The molecule has 1 heteroatoms.